The summed E-state index contributed by atoms with van der Waals surface area (Å²) in [5, 5.41) is 0. The average Bonchev–Trinajstić information content (AvgIpc) is 2.16. The molecular weight excluding hydrogens is 385 g/mol. The van der Waals surface area contributed by atoms with Gasteiger partial charge < -0.3 is 16.5 Å². The van der Waals surface area contributed by atoms with Crippen LogP contribution in [0, 0.1) is 0 Å². The summed E-state index contributed by atoms with van der Waals surface area (Å²) in [5.41, 5.74) is 0. The van der Waals surface area contributed by atoms with Crippen molar-refractivity contribution in [1.82, 2.24) is 0 Å². The zero-order chi connectivity index (χ0) is 19.4. The van der Waals surface area contributed by atoms with Crippen molar-refractivity contribution in [1.29, 1.82) is 0 Å². The minimum atomic E-state index is -2.29. The molecule has 0 atom stereocenters. The SMILES string of the molecule is CCCC[Si](C)(C)O[Si](C)(C)O[Si](C)(C)O[Si](C)(C)O[Si](C)(C)C. The third-order valence-electron chi connectivity index (χ3n) is 3.19. The number of hydrogen-bond donors (Lipinski definition) is 0. The third kappa shape index (κ3) is 12.3. The molecule has 24 heavy (non-hydrogen) atoms. The van der Waals surface area contributed by atoms with E-state index in [4.69, 9.17) is 16.5 Å². The lowest BCUT2D eigenvalue weighted by Gasteiger charge is -2.42. The summed E-state index contributed by atoms with van der Waals surface area (Å²) >= 11 is 0. The summed E-state index contributed by atoms with van der Waals surface area (Å²) in [7, 11) is -9.95. The van der Waals surface area contributed by atoms with E-state index in [0.29, 0.717) is 0 Å². The Hall–Kier alpha value is 0.924. The maximum absolute atomic E-state index is 6.57. The minimum absolute atomic E-state index is 1.20. The van der Waals surface area contributed by atoms with Gasteiger partial charge in [-0.25, -0.2) is 0 Å². The highest BCUT2D eigenvalue weighted by molar-refractivity contribution is 6.90. The first-order valence-electron chi connectivity index (χ1n) is 9.19. The van der Waals surface area contributed by atoms with Gasteiger partial charge in [-0.15, -0.1) is 0 Å². The Balaban J connectivity index is 4.87. The third-order valence-corrected chi connectivity index (χ3v) is 21.2. The van der Waals surface area contributed by atoms with Gasteiger partial charge in [-0.3, -0.25) is 0 Å². The summed E-state index contributed by atoms with van der Waals surface area (Å²) in [6.45, 7) is 26.4. The van der Waals surface area contributed by atoms with Crippen molar-refractivity contribution < 1.29 is 16.5 Å². The van der Waals surface area contributed by atoms with E-state index in [0.717, 1.165) is 0 Å². The Morgan fingerprint density at radius 3 is 1.29 bits per heavy atom. The Kier molecular flexibility index (Phi) is 9.08. The molecule has 0 aliphatic carbocycles. The first-order valence-corrected chi connectivity index (χ1v) is 24.2. The number of unbranched alkanes of at least 4 members (excludes halogenated alkanes) is 1. The van der Waals surface area contributed by atoms with E-state index in [1.807, 2.05) is 0 Å². The highest BCUT2D eigenvalue weighted by Gasteiger charge is 2.44. The predicted octanol–water partition coefficient (Wildman–Crippen LogP) is 6.00. The molecule has 0 saturated heterocycles. The lowest BCUT2D eigenvalue weighted by Crippen LogP contribution is -2.58. The molecule has 0 aromatic heterocycles. The van der Waals surface area contributed by atoms with Crippen LogP contribution in [0.25, 0.3) is 0 Å². The molecule has 0 aliphatic heterocycles. The van der Waals surface area contributed by atoms with Gasteiger partial charge in [0, 0.05) is 0 Å². The molecule has 146 valence electrons. The fourth-order valence-electron chi connectivity index (χ4n) is 3.30. The zero-order valence-corrected chi connectivity index (χ0v) is 23.3. The molecule has 0 amide bonds. The van der Waals surface area contributed by atoms with Crippen molar-refractivity contribution in [2.24, 2.45) is 0 Å². The molecule has 0 spiro atoms. The highest BCUT2D eigenvalue weighted by Crippen LogP contribution is 2.27. The van der Waals surface area contributed by atoms with E-state index >= 15 is 0 Å². The fraction of sp³-hybridized carbons (Fsp3) is 1.00. The van der Waals surface area contributed by atoms with E-state index in [9.17, 15) is 0 Å². The summed E-state index contributed by atoms with van der Waals surface area (Å²) in [6.07, 6.45) is 2.46. The molecule has 4 nitrogen and oxygen atoms in total. The maximum atomic E-state index is 6.57. The van der Waals surface area contributed by atoms with Crippen LogP contribution >= 0.6 is 0 Å². The van der Waals surface area contributed by atoms with Crippen molar-refractivity contribution in [2.45, 2.75) is 97.8 Å². The van der Waals surface area contributed by atoms with E-state index < -0.39 is 42.3 Å². The molecule has 0 unspecified atom stereocenters. The lowest BCUT2D eigenvalue weighted by molar-refractivity contribution is 0.299. The fourth-order valence-corrected chi connectivity index (χ4v) is 27.2. The molecule has 0 radical (unpaired) electrons. The van der Waals surface area contributed by atoms with Gasteiger partial charge in [0.1, 0.15) is 0 Å². The van der Waals surface area contributed by atoms with Crippen molar-refractivity contribution >= 4 is 42.3 Å². The van der Waals surface area contributed by atoms with Gasteiger partial charge in [-0.05, 0) is 78.1 Å². The van der Waals surface area contributed by atoms with Crippen LogP contribution in [0.2, 0.25) is 78.1 Å². The van der Waals surface area contributed by atoms with Crippen LogP contribution < -0.4 is 0 Å². The normalized spacial score (nSPS) is 15.0. The van der Waals surface area contributed by atoms with Crippen LogP contribution in [0.15, 0.2) is 0 Å². The molecule has 0 aliphatic rings. The summed E-state index contributed by atoms with van der Waals surface area (Å²) in [5.74, 6) is 0. The van der Waals surface area contributed by atoms with Crippen molar-refractivity contribution in [3.8, 4) is 0 Å². The molecule has 0 rings (SSSR count). The van der Waals surface area contributed by atoms with E-state index in [1.165, 1.54) is 18.9 Å². The molecule has 0 saturated carbocycles. The quantitative estimate of drug-likeness (QED) is 0.380. The van der Waals surface area contributed by atoms with Gasteiger partial charge in [0.2, 0.25) is 0 Å². The number of hydrogen-bond acceptors (Lipinski definition) is 4. The van der Waals surface area contributed by atoms with Gasteiger partial charge in [-0.1, -0.05) is 19.8 Å². The molecule has 0 fully saturated rings. The largest absolute Gasteiger partial charge is 0.437 e. The Bertz CT molecular complexity index is 392. The molecule has 0 aromatic rings. The van der Waals surface area contributed by atoms with Crippen LogP contribution in [0.3, 0.4) is 0 Å². The summed E-state index contributed by atoms with van der Waals surface area (Å²) < 4.78 is 25.9. The molecular formula is C15H42O4Si5. The lowest BCUT2D eigenvalue weighted by atomic mass is 10.4. The predicted molar refractivity (Wildman–Crippen MR) is 117 cm³/mol. The molecule has 0 bridgehead atoms. The minimum Gasteiger partial charge on any atom is -0.437 e. The van der Waals surface area contributed by atoms with E-state index in [-0.39, 0.29) is 0 Å². The van der Waals surface area contributed by atoms with Crippen molar-refractivity contribution in [2.75, 3.05) is 0 Å². The smallest absolute Gasteiger partial charge is 0.314 e. The average molecular weight is 427 g/mol. The van der Waals surface area contributed by atoms with Crippen LogP contribution in [0.4, 0.5) is 0 Å². The Morgan fingerprint density at radius 1 is 0.542 bits per heavy atom. The summed E-state index contributed by atoms with van der Waals surface area (Å²) in [4.78, 5) is 0. The first kappa shape index (κ1) is 24.9. The first-order chi connectivity index (χ1) is 10.4. The standard InChI is InChI=1S/C15H42O4Si5/c1-13-14-15-21(5,6)17-23(9,10)19-24(11,12)18-22(7,8)16-20(2,3)4/h13-15H2,1-12H3. The van der Waals surface area contributed by atoms with Gasteiger partial charge in [0.15, 0.2) is 16.6 Å². The second kappa shape index (κ2) is 8.74. The van der Waals surface area contributed by atoms with Crippen LogP contribution in [-0.2, 0) is 16.5 Å². The molecule has 9 heteroatoms. The number of rotatable bonds is 11. The zero-order valence-electron chi connectivity index (χ0n) is 18.3. The van der Waals surface area contributed by atoms with Gasteiger partial charge in [0.25, 0.3) is 0 Å². The molecule has 0 N–H and O–H groups in total. The molecule has 0 heterocycles. The Labute approximate surface area is 156 Å². The van der Waals surface area contributed by atoms with Crippen LogP contribution in [-0.4, -0.2) is 42.3 Å². The van der Waals surface area contributed by atoms with Crippen molar-refractivity contribution in [3.05, 3.63) is 0 Å². The monoisotopic (exact) mass is 426 g/mol. The van der Waals surface area contributed by atoms with E-state index in [1.54, 1.807) is 0 Å². The van der Waals surface area contributed by atoms with Gasteiger partial charge >= 0.3 is 25.7 Å². The maximum Gasteiger partial charge on any atom is 0.314 e. The van der Waals surface area contributed by atoms with Gasteiger partial charge in [0.05, 0.1) is 0 Å². The highest BCUT2D eigenvalue weighted by atomic mass is 28.5. The van der Waals surface area contributed by atoms with Gasteiger partial charge in [-0.2, -0.15) is 0 Å². The second-order valence-electron chi connectivity index (χ2n) is 9.58. The summed E-state index contributed by atoms with van der Waals surface area (Å²) in [6, 6.07) is 1.20. The van der Waals surface area contributed by atoms with Crippen LogP contribution in [0.1, 0.15) is 19.8 Å². The van der Waals surface area contributed by atoms with Crippen LogP contribution in [0.5, 0.6) is 0 Å². The van der Waals surface area contributed by atoms with Crippen molar-refractivity contribution in [3.63, 3.8) is 0 Å². The second-order valence-corrected chi connectivity index (χ2v) is 29.5. The molecule has 0 aromatic carbocycles. The Morgan fingerprint density at radius 2 is 0.917 bits per heavy atom. The van der Waals surface area contributed by atoms with E-state index in [2.05, 4.69) is 78.9 Å². The topological polar surface area (TPSA) is 36.9 Å².